The average Bonchev–Trinajstić information content (AvgIpc) is 3.21. The fourth-order valence-electron chi connectivity index (χ4n) is 6.79. The summed E-state index contributed by atoms with van der Waals surface area (Å²) in [6.45, 7) is 7.65. The number of anilines is 2. The maximum Gasteiger partial charge on any atom is 0.264 e. The number of aryl methyl sites for hydroxylation is 1. The number of aliphatic hydroxyl groups is 1. The Morgan fingerprint density at radius 2 is 1.57 bits per heavy atom. The third kappa shape index (κ3) is 11.4. The van der Waals surface area contributed by atoms with E-state index in [0.29, 0.717) is 6.54 Å². The van der Waals surface area contributed by atoms with E-state index < -0.39 is 15.9 Å². The van der Waals surface area contributed by atoms with Gasteiger partial charge in [0.15, 0.2) is 0 Å². The maximum absolute atomic E-state index is 13.4. The van der Waals surface area contributed by atoms with E-state index in [1.54, 1.807) is 36.0 Å². The van der Waals surface area contributed by atoms with Crippen molar-refractivity contribution in [2.75, 3.05) is 68.9 Å². The normalized spacial score (nSPS) is 14.1. The Bertz CT molecular complexity index is 2150. The van der Waals surface area contributed by atoms with Crippen molar-refractivity contribution < 1.29 is 18.3 Å². The number of nitrogens with one attached hydrogen (secondary N) is 2. The van der Waals surface area contributed by atoms with Crippen molar-refractivity contribution in [2.24, 2.45) is 0 Å². The number of aliphatic hydroxyl groups excluding tert-OH is 1. The third-order valence-corrected chi connectivity index (χ3v) is 12.8. The predicted molar refractivity (Wildman–Crippen MR) is 230 cm³/mol. The number of halogens is 1. The molecule has 1 atom stereocenters. The lowest BCUT2D eigenvalue weighted by molar-refractivity contribution is 0.0981. The first kappa shape index (κ1) is 41.3. The molecule has 0 radical (unpaired) electrons. The second-order valence-corrected chi connectivity index (χ2v) is 17.4. The zero-order valence-corrected chi connectivity index (χ0v) is 34.3. The number of hydrogen-bond acceptors (Lipinski definition) is 9. The van der Waals surface area contributed by atoms with Crippen molar-refractivity contribution in [3.63, 3.8) is 0 Å². The van der Waals surface area contributed by atoms with Crippen LogP contribution in [0, 0.1) is 6.92 Å². The van der Waals surface area contributed by atoms with Crippen LogP contribution in [0.2, 0.25) is 5.02 Å². The number of nitrogens with zero attached hydrogens (tertiary/aromatic N) is 3. The SMILES string of the molecule is Cc1cc(S(=O)(=O)NC(=O)c2ccc(N3CCN(Cc4ccccc4-c4ccc(Cl)cc4)CC3)cc2)ccc1N[C@H](CCN(C)CCO)CSc1ccccc1. The van der Waals surface area contributed by atoms with Crippen molar-refractivity contribution in [1.82, 2.24) is 14.5 Å². The van der Waals surface area contributed by atoms with Crippen LogP contribution in [-0.2, 0) is 16.6 Å². The van der Waals surface area contributed by atoms with Gasteiger partial charge in [0.2, 0.25) is 0 Å². The van der Waals surface area contributed by atoms with Gasteiger partial charge in [0.25, 0.3) is 15.9 Å². The van der Waals surface area contributed by atoms with E-state index >= 15 is 0 Å². The number of piperazine rings is 1. The Morgan fingerprint density at radius 1 is 0.875 bits per heavy atom. The van der Waals surface area contributed by atoms with Crippen LogP contribution in [0.25, 0.3) is 11.1 Å². The first-order valence-corrected chi connectivity index (χ1v) is 21.8. The lowest BCUT2D eigenvalue weighted by atomic mass is 9.99. The topological polar surface area (TPSA) is 105 Å². The zero-order chi connectivity index (χ0) is 39.5. The van der Waals surface area contributed by atoms with E-state index in [-0.39, 0.29) is 23.1 Å². The Balaban J connectivity index is 1.03. The fourth-order valence-corrected chi connectivity index (χ4v) is 8.97. The minimum Gasteiger partial charge on any atom is -0.395 e. The number of benzene rings is 5. The van der Waals surface area contributed by atoms with Crippen LogP contribution in [0.3, 0.4) is 0 Å². The van der Waals surface area contributed by atoms with E-state index in [1.165, 1.54) is 22.1 Å². The van der Waals surface area contributed by atoms with Crippen molar-refractivity contribution in [3.8, 4) is 11.1 Å². The highest BCUT2D eigenvalue weighted by Gasteiger charge is 2.22. The van der Waals surface area contributed by atoms with E-state index in [0.717, 1.165) is 79.0 Å². The molecule has 0 aromatic heterocycles. The molecule has 56 heavy (non-hydrogen) atoms. The Labute approximate surface area is 340 Å². The maximum atomic E-state index is 13.4. The highest BCUT2D eigenvalue weighted by molar-refractivity contribution is 7.99. The molecule has 1 amide bonds. The van der Waals surface area contributed by atoms with Crippen molar-refractivity contribution in [2.45, 2.75) is 35.7 Å². The second kappa shape index (κ2) is 19.7. The standard InChI is InChI=1S/C44H50ClN5O4S2/c1-33-30-41(20-21-43(33)46-38(22-23-48(2)28-29-51)32-55-40-9-4-3-5-10-40)56(53,54)47-44(52)35-14-18-39(19-15-35)50-26-24-49(25-27-50)31-36-8-6-7-11-42(36)34-12-16-37(45)17-13-34/h3-21,30,38,46,51H,22-29,31-32H2,1-2H3,(H,47,52)/t38-/m1/s1. The quantitative estimate of drug-likeness (QED) is 0.0818. The van der Waals surface area contributed by atoms with Crippen LogP contribution in [0.4, 0.5) is 11.4 Å². The number of carbonyl (C=O) groups excluding carboxylic acids is 1. The van der Waals surface area contributed by atoms with Gasteiger partial charge in [0.1, 0.15) is 0 Å². The molecule has 3 N–H and O–H groups in total. The lowest BCUT2D eigenvalue weighted by Gasteiger charge is -2.36. The molecule has 6 rings (SSSR count). The van der Waals surface area contributed by atoms with Crippen molar-refractivity contribution in [1.29, 1.82) is 0 Å². The molecule has 0 saturated carbocycles. The molecule has 1 aliphatic rings. The van der Waals surface area contributed by atoms with Gasteiger partial charge in [-0.3, -0.25) is 9.69 Å². The van der Waals surface area contributed by atoms with Crippen LogP contribution in [0.1, 0.15) is 27.9 Å². The summed E-state index contributed by atoms with van der Waals surface area (Å²) in [6, 6.07) is 38.7. The summed E-state index contributed by atoms with van der Waals surface area (Å²) >= 11 is 7.88. The van der Waals surface area contributed by atoms with Crippen molar-refractivity contribution >= 4 is 50.7 Å². The Hall–Kier alpha value is -4.36. The van der Waals surface area contributed by atoms with E-state index in [9.17, 15) is 18.3 Å². The molecule has 0 unspecified atom stereocenters. The summed E-state index contributed by atoms with van der Waals surface area (Å²) in [5.74, 6) is 0.133. The van der Waals surface area contributed by atoms with Gasteiger partial charge in [0.05, 0.1) is 11.5 Å². The average molecular weight is 813 g/mol. The summed E-state index contributed by atoms with van der Waals surface area (Å²) < 4.78 is 29.0. The molecule has 1 saturated heterocycles. The van der Waals surface area contributed by atoms with Crippen LogP contribution < -0.4 is 14.9 Å². The molecule has 1 heterocycles. The second-order valence-electron chi connectivity index (χ2n) is 14.2. The monoisotopic (exact) mass is 811 g/mol. The number of hydrogen-bond donors (Lipinski definition) is 3. The Morgan fingerprint density at radius 3 is 2.27 bits per heavy atom. The van der Waals surface area contributed by atoms with Gasteiger partial charge < -0.3 is 20.2 Å². The Kier molecular flexibility index (Phi) is 14.5. The number of carbonyl (C=O) groups is 1. The summed E-state index contributed by atoms with van der Waals surface area (Å²) in [7, 11) is -2.13. The molecule has 0 spiro atoms. The lowest BCUT2D eigenvalue weighted by Crippen LogP contribution is -2.46. The van der Waals surface area contributed by atoms with Gasteiger partial charge in [-0.15, -0.1) is 11.8 Å². The molecular weight excluding hydrogens is 762 g/mol. The molecule has 5 aromatic carbocycles. The number of rotatable bonds is 17. The van der Waals surface area contributed by atoms with Gasteiger partial charge >= 0.3 is 0 Å². The molecule has 0 aliphatic carbocycles. The van der Waals surface area contributed by atoms with E-state index in [1.807, 2.05) is 56.4 Å². The van der Waals surface area contributed by atoms with Gasteiger partial charge in [-0.25, -0.2) is 13.1 Å². The van der Waals surface area contributed by atoms with E-state index in [4.69, 9.17) is 11.6 Å². The third-order valence-electron chi connectivity index (χ3n) is 10.1. The summed E-state index contributed by atoms with van der Waals surface area (Å²) in [4.78, 5) is 21.2. The largest absolute Gasteiger partial charge is 0.395 e. The number of sulfonamides is 1. The zero-order valence-electron chi connectivity index (χ0n) is 31.9. The molecule has 294 valence electrons. The number of amides is 1. The highest BCUT2D eigenvalue weighted by atomic mass is 35.5. The summed E-state index contributed by atoms with van der Waals surface area (Å²) in [5, 5.41) is 13.7. The van der Waals surface area contributed by atoms with Gasteiger partial charge in [-0.1, -0.05) is 66.2 Å². The van der Waals surface area contributed by atoms with Gasteiger partial charge in [0, 0.05) is 77.9 Å². The van der Waals surface area contributed by atoms with Gasteiger partial charge in [-0.2, -0.15) is 0 Å². The van der Waals surface area contributed by atoms with Crippen LogP contribution in [0.15, 0.2) is 131 Å². The summed E-state index contributed by atoms with van der Waals surface area (Å²) in [5.41, 5.74) is 6.48. The molecule has 0 bridgehead atoms. The molecule has 1 fully saturated rings. The predicted octanol–water partition coefficient (Wildman–Crippen LogP) is 7.64. The fraction of sp³-hybridized carbons (Fsp3) is 0.295. The van der Waals surface area contributed by atoms with Crippen LogP contribution in [0.5, 0.6) is 0 Å². The first-order valence-electron chi connectivity index (χ1n) is 18.9. The van der Waals surface area contributed by atoms with Crippen LogP contribution in [-0.4, -0.2) is 93.9 Å². The minimum absolute atomic E-state index is 0.0251. The molecular formula is C44H50ClN5O4S2. The van der Waals surface area contributed by atoms with Gasteiger partial charge in [-0.05, 0) is 116 Å². The van der Waals surface area contributed by atoms with Crippen LogP contribution >= 0.6 is 23.4 Å². The molecule has 9 nitrogen and oxygen atoms in total. The minimum atomic E-state index is -4.12. The number of likely N-dealkylation sites (N-methyl/N-ethyl adjacent to an activating group) is 1. The molecule has 1 aliphatic heterocycles. The van der Waals surface area contributed by atoms with Crippen molar-refractivity contribution in [3.05, 3.63) is 143 Å². The highest BCUT2D eigenvalue weighted by Crippen LogP contribution is 2.28. The molecule has 5 aromatic rings. The summed E-state index contributed by atoms with van der Waals surface area (Å²) in [6.07, 6.45) is 0.835. The molecule has 12 heteroatoms. The smallest absolute Gasteiger partial charge is 0.264 e. The number of thioether (sulfide) groups is 1. The first-order chi connectivity index (χ1) is 27.1. The van der Waals surface area contributed by atoms with E-state index in [2.05, 4.69) is 73.3 Å².